The summed E-state index contributed by atoms with van der Waals surface area (Å²) in [6.07, 6.45) is -0.554. The number of hydrogen-bond acceptors (Lipinski definition) is 5. The molecule has 1 amide bonds. The number of carbonyl (C=O) groups is 2. The number of benzene rings is 1. The minimum absolute atomic E-state index is 0.108. The summed E-state index contributed by atoms with van der Waals surface area (Å²) < 4.78 is 31.9. The lowest BCUT2D eigenvalue weighted by Crippen LogP contribution is -2.40. The third kappa shape index (κ3) is 3.20. The molecule has 3 N–H and O–H groups in total. The van der Waals surface area contributed by atoms with Crippen LogP contribution in [0.2, 0.25) is 0 Å². The van der Waals surface area contributed by atoms with Crippen LogP contribution >= 0.6 is 0 Å². The van der Waals surface area contributed by atoms with Crippen LogP contribution in [-0.4, -0.2) is 37.5 Å². The molecule has 0 bridgehead atoms. The van der Waals surface area contributed by atoms with Crippen LogP contribution in [0.15, 0.2) is 23.1 Å². The van der Waals surface area contributed by atoms with Crippen molar-refractivity contribution in [2.45, 2.75) is 37.3 Å². The molecule has 0 spiro atoms. The molecule has 0 saturated carbocycles. The summed E-state index contributed by atoms with van der Waals surface area (Å²) in [6.45, 7) is 3.13. The molecule has 0 aromatic heterocycles. The second kappa shape index (κ2) is 5.93. The van der Waals surface area contributed by atoms with E-state index in [4.69, 9.17) is 9.84 Å². The fraction of sp³-hybridized carbons (Fsp3) is 0.385. The minimum atomic E-state index is -4.02. The van der Waals surface area contributed by atoms with Crippen molar-refractivity contribution in [3.63, 3.8) is 0 Å². The number of carboxylic acids is 1. The normalized spacial score (nSPS) is 18.8. The molecule has 8 nitrogen and oxygen atoms in total. The average Bonchev–Trinajstić information content (AvgIpc) is 2.45. The second-order valence-electron chi connectivity index (χ2n) is 4.83. The highest BCUT2D eigenvalue weighted by Crippen LogP contribution is 2.31. The van der Waals surface area contributed by atoms with Crippen molar-refractivity contribution in [3.05, 3.63) is 18.2 Å². The number of carbonyl (C=O) groups excluding carboxylic acids is 1. The minimum Gasteiger partial charge on any atom is -0.480 e. The first-order valence-electron chi connectivity index (χ1n) is 6.61. The Morgan fingerprint density at radius 3 is 2.77 bits per heavy atom. The predicted octanol–water partition coefficient (Wildman–Crippen LogP) is 0.547. The Kier molecular flexibility index (Phi) is 4.38. The number of fused-ring (bicyclic) bond motifs is 1. The molecule has 0 aliphatic carbocycles. The second-order valence-corrected chi connectivity index (χ2v) is 6.54. The van der Waals surface area contributed by atoms with Crippen LogP contribution in [0.4, 0.5) is 5.69 Å². The summed E-state index contributed by atoms with van der Waals surface area (Å²) in [4.78, 5) is 22.4. The molecule has 0 fully saturated rings. The van der Waals surface area contributed by atoms with E-state index < -0.39 is 28.1 Å². The van der Waals surface area contributed by atoms with E-state index in [1.807, 2.05) is 0 Å². The van der Waals surface area contributed by atoms with E-state index in [0.29, 0.717) is 5.75 Å². The van der Waals surface area contributed by atoms with E-state index in [1.54, 1.807) is 13.8 Å². The summed E-state index contributed by atoms with van der Waals surface area (Å²) in [7, 11) is -4.02. The molecule has 1 heterocycles. The van der Waals surface area contributed by atoms with Crippen LogP contribution in [0.25, 0.3) is 0 Å². The highest BCUT2D eigenvalue weighted by atomic mass is 32.2. The van der Waals surface area contributed by atoms with Crippen molar-refractivity contribution in [2.24, 2.45) is 0 Å². The quantitative estimate of drug-likeness (QED) is 0.725. The first-order chi connectivity index (χ1) is 10.2. The number of carboxylic acid groups (broad SMARTS) is 1. The fourth-order valence-corrected chi connectivity index (χ4v) is 3.22. The highest BCUT2D eigenvalue weighted by Gasteiger charge is 2.27. The Morgan fingerprint density at radius 2 is 2.18 bits per heavy atom. The number of ether oxygens (including phenoxy) is 1. The van der Waals surface area contributed by atoms with Crippen molar-refractivity contribution in [3.8, 4) is 5.75 Å². The van der Waals surface area contributed by atoms with Gasteiger partial charge in [0.15, 0.2) is 6.10 Å². The maximum absolute atomic E-state index is 12.2. The number of rotatable bonds is 5. The lowest BCUT2D eigenvalue weighted by atomic mass is 10.2. The van der Waals surface area contributed by atoms with E-state index in [9.17, 15) is 18.0 Å². The van der Waals surface area contributed by atoms with Crippen molar-refractivity contribution >= 4 is 27.6 Å². The maximum Gasteiger partial charge on any atom is 0.321 e. The molecule has 1 aliphatic rings. The maximum atomic E-state index is 12.2. The molecular formula is C13H16N2O6S. The van der Waals surface area contributed by atoms with Gasteiger partial charge in [-0.15, -0.1) is 0 Å². The first-order valence-corrected chi connectivity index (χ1v) is 8.09. The average molecular weight is 328 g/mol. The Bertz CT molecular complexity index is 715. The summed E-state index contributed by atoms with van der Waals surface area (Å²) in [5.74, 6) is -1.28. The van der Waals surface area contributed by atoms with Gasteiger partial charge in [-0.3, -0.25) is 9.59 Å². The summed E-state index contributed by atoms with van der Waals surface area (Å²) >= 11 is 0. The van der Waals surface area contributed by atoms with Gasteiger partial charge in [0.2, 0.25) is 10.0 Å². The molecule has 2 rings (SSSR count). The molecule has 9 heteroatoms. The lowest BCUT2D eigenvalue weighted by molar-refractivity contribution is -0.139. The number of amides is 1. The van der Waals surface area contributed by atoms with Gasteiger partial charge in [-0.05, 0) is 31.5 Å². The van der Waals surface area contributed by atoms with Crippen LogP contribution in [0.1, 0.15) is 20.3 Å². The third-order valence-corrected chi connectivity index (χ3v) is 4.67. The van der Waals surface area contributed by atoms with Gasteiger partial charge in [-0.2, -0.15) is 4.72 Å². The van der Waals surface area contributed by atoms with Gasteiger partial charge in [-0.1, -0.05) is 6.92 Å². The number of anilines is 1. The molecule has 2 atom stereocenters. The number of hydrogen-bond donors (Lipinski definition) is 3. The molecule has 0 saturated heterocycles. The molecule has 120 valence electrons. The van der Waals surface area contributed by atoms with Crippen molar-refractivity contribution < 1.29 is 27.9 Å². The Morgan fingerprint density at radius 1 is 1.50 bits per heavy atom. The number of sulfonamides is 1. The van der Waals surface area contributed by atoms with Crippen LogP contribution in [0.3, 0.4) is 0 Å². The Hall–Kier alpha value is -2.13. The van der Waals surface area contributed by atoms with Crippen molar-refractivity contribution in [2.75, 3.05) is 5.32 Å². The zero-order valence-corrected chi connectivity index (χ0v) is 12.8. The van der Waals surface area contributed by atoms with Gasteiger partial charge in [0, 0.05) is 0 Å². The van der Waals surface area contributed by atoms with E-state index >= 15 is 0 Å². The number of nitrogens with one attached hydrogen (secondary N) is 2. The van der Waals surface area contributed by atoms with E-state index in [2.05, 4.69) is 10.0 Å². The standard InChI is InChI=1S/C13H16N2O6S/c1-3-9(13(17)18)15-22(19,20)8-4-5-11-10(6-8)14-12(16)7(2)21-11/h4-7,9,15H,3H2,1-2H3,(H,14,16)(H,17,18). The monoisotopic (exact) mass is 328 g/mol. The Labute approximate surface area is 127 Å². The predicted molar refractivity (Wildman–Crippen MR) is 77.2 cm³/mol. The molecule has 0 radical (unpaired) electrons. The van der Waals surface area contributed by atoms with Gasteiger partial charge in [0.05, 0.1) is 10.6 Å². The van der Waals surface area contributed by atoms with Crippen molar-refractivity contribution in [1.82, 2.24) is 4.72 Å². The van der Waals surface area contributed by atoms with Crippen LogP contribution in [0.5, 0.6) is 5.75 Å². The van der Waals surface area contributed by atoms with E-state index in [1.165, 1.54) is 18.2 Å². The third-order valence-electron chi connectivity index (χ3n) is 3.20. The zero-order valence-electron chi connectivity index (χ0n) is 12.0. The summed E-state index contributed by atoms with van der Waals surface area (Å²) in [5.41, 5.74) is 0.231. The van der Waals surface area contributed by atoms with Crippen molar-refractivity contribution in [1.29, 1.82) is 0 Å². The first kappa shape index (κ1) is 16.2. The SMILES string of the molecule is CCC(NS(=O)(=O)c1ccc2c(c1)NC(=O)C(C)O2)C(=O)O. The van der Waals surface area contributed by atoms with Gasteiger partial charge >= 0.3 is 5.97 Å². The lowest BCUT2D eigenvalue weighted by Gasteiger charge is -2.23. The largest absolute Gasteiger partial charge is 0.480 e. The topological polar surface area (TPSA) is 122 Å². The van der Waals surface area contributed by atoms with Crippen LogP contribution in [0, 0.1) is 0 Å². The fourth-order valence-electron chi connectivity index (χ4n) is 1.92. The molecule has 1 aromatic carbocycles. The summed E-state index contributed by atoms with van der Waals surface area (Å²) in [5, 5.41) is 11.5. The van der Waals surface area contributed by atoms with Gasteiger partial charge in [-0.25, -0.2) is 8.42 Å². The zero-order chi connectivity index (χ0) is 16.5. The van der Waals surface area contributed by atoms with E-state index in [0.717, 1.165) is 0 Å². The molecule has 1 aromatic rings. The Balaban J connectivity index is 2.31. The van der Waals surface area contributed by atoms with Crippen LogP contribution in [-0.2, 0) is 19.6 Å². The van der Waals surface area contributed by atoms with E-state index in [-0.39, 0.29) is 22.9 Å². The van der Waals surface area contributed by atoms with Gasteiger partial charge in [0.1, 0.15) is 11.8 Å². The molecular weight excluding hydrogens is 312 g/mol. The van der Waals surface area contributed by atoms with Gasteiger partial charge in [0.25, 0.3) is 5.91 Å². The smallest absolute Gasteiger partial charge is 0.321 e. The molecule has 2 unspecified atom stereocenters. The molecule has 1 aliphatic heterocycles. The number of aliphatic carboxylic acids is 1. The highest BCUT2D eigenvalue weighted by molar-refractivity contribution is 7.89. The summed E-state index contributed by atoms with van der Waals surface area (Å²) in [6, 6.07) is 2.73. The van der Waals surface area contributed by atoms with Gasteiger partial charge < -0.3 is 15.2 Å². The molecule has 22 heavy (non-hydrogen) atoms. The van der Waals surface area contributed by atoms with Crippen LogP contribution < -0.4 is 14.8 Å².